The van der Waals surface area contributed by atoms with Gasteiger partial charge in [-0.05, 0) is 85.6 Å². The summed E-state index contributed by atoms with van der Waals surface area (Å²) in [5.74, 6) is 1.77. The highest BCUT2D eigenvalue weighted by Crippen LogP contribution is 2.62. The predicted molar refractivity (Wildman–Crippen MR) is 272 cm³/mol. The third-order valence-electron chi connectivity index (χ3n) is 14.4. The minimum Gasteiger partial charge on any atom is -0.456 e. The van der Waals surface area contributed by atoms with Crippen molar-refractivity contribution in [2.45, 2.75) is 5.41 Å². The van der Waals surface area contributed by atoms with Crippen LogP contribution in [0.2, 0.25) is 0 Å². The second-order valence-electron chi connectivity index (χ2n) is 17.8. The number of rotatable bonds is 5. The van der Waals surface area contributed by atoms with Gasteiger partial charge in [-0.25, -0.2) is 15.0 Å². The van der Waals surface area contributed by atoms with Gasteiger partial charge in [0.2, 0.25) is 0 Å². The fourth-order valence-corrected chi connectivity index (χ4v) is 11.7. The molecule has 0 radical (unpaired) electrons. The fraction of sp³-hybridized carbons (Fsp3) is 0.0161. The number of furan rings is 1. The van der Waals surface area contributed by atoms with Gasteiger partial charge in [0, 0.05) is 44.3 Å². The molecule has 0 aliphatic heterocycles. The van der Waals surface area contributed by atoms with Crippen molar-refractivity contribution in [3.05, 3.63) is 241 Å². The van der Waals surface area contributed by atoms with Gasteiger partial charge in [-0.1, -0.05) is 182 Å². The monoisotopic (exact) mass is 852 g/mol. The quantitative estimate of drug-likeness (QED) is 0.173. The lowest BCUT2D eigenvalue weighted by atomic mass is 9.63. The van der Waals surface area contributed by atoms with E-state index in [1.807, 2.05) is 36.4 Å². The van der Waals surface area contributed by atoms with Crippen LogP contribution in [0.4, 0.5) is 0 Å². The Bertz CT molecular complexity index is 4180. The first-order valence-electron chi connectivity index (χ1n) is 22.8. The van der Waals surface area contributed by atoms with E-state index in [4.69, 9.17) is 19.4 Å². The number of aromatic nitrogens is 4. The van der Waals surface area contributed by atoms with Gasteiger partial charge in [0.05, 0.1) is 22.1 Å². The van der Waals surface area contributed by atoms with E-state index in [0.717, 1.165) is 66.5 Å². The van der Waals surface area contributed by atoms with Crippen LogP contribution in [0.3, 0.4) is 0 Å². The molecule has 3 heterocycles. The molecule has 1 spiro atoms. The van der Waals surface area contributed by atoms with Crippen LogP contribution < -0.4 is 0 Å². The molecule has 310 valence electrons. The van der Waals surface area contributed by atoms with Crippen molar-refractivity contribution >= 4 is 54.5 Å². The molecule has 0 saturated carbocycles. The van der Waals surface area contributed by atoms with Crippen molar-refractivity contribution in [3.8, 4) is 62.1 Å². The molecule has 67 heavy (non-hydrogen) atoms. The number of fused-ring (bicyclic) bond motifs is 10. The van der Waals surface area contributed by atoms with Gasteiger partial charge >= 0.3 is 0 Å². The van der Waals surface area contributed by atoms with E-state index >= 15 is 0 Å². The van der Waals surface area contributed by atoms with Crippen molar-refractivity contribution in [2.75, 3.05) is 0 Å². The number of hydrogen-bond acceptors (Lipinski definition) is 4. The third kappa shape index (κ3) is 4.95. The molecule has 2 aliphatic carbocycles. The van der Waals surface area contributed by atoms with Gasteiger partial charge in [0.25, 0.3) is 0 Å². The second kappa shape index (κ2) is 13.6. The van der Waals surface area contributed by atoms with E-state index in [1.165, 1.54) is 54.9 Å². The average Bonchev–Trinajstić information content (AvgIpc) is 4.05. The van der Waals surface area contributed by atoms with Gasteiger partial charge in [-0.2, -0.15) is 0 Å². The van der Waals surface area contributed by atoms with Crippen LogP contribution in [-0.2, 0) is 5.41 Å². The highest BCUT2D eigenvalue weighted by Gasteiger charge is 2.50. The number of para-hydroxylation sites is 1. The number of nitrogens with zero attached hydrogens (tertiary/aromatic N) is 4. The van der Waals surface area contributed by atoms with Crippen molar-refractivity contribution in [1.82, 2.24) is 19.5 Å². The Morgan fingerprint density at radius 1 is 0.343 bits per heavy atom. The Hall–Kier alpha value is -8.93. The van der Waals surface area contributed by atoms with Crippen LogP contribution >= 0.6 is 0 Å². The number of benzene rings is 10. The van der Waals surface area contributed by atoms with E-state index < -0.39 is 5.41 Å². The molecule has 5 nitrogen and oxygen atoms in total. The summed E-state index contributed by atoms with van der Waals surface area (Å²) in [6, 6.07) is 78.3. The van der Waals surface area contributed by atoms with Crippen molar-refractivity contribution in [1.29, 1.82) is 0 Å². The lowest BCUT2D eigenvalue weighted by molar-refractivity contribution is 0.668. The van der Waals surface area contributed by atoms with E-state index in [-0.39, 0.29) is 0 Å². The molecule has 5 heteroatoms. The molecular weight excluding hydrogens is 817 g/mol. The van der Waals surface area contributed by atoms with E-state index in [1.54, 1.807) is 0 Å². The standard InChI is InChI=1S/C62H36N4O/c1-3-16-37(17-4-1)40-21-13-22-41(34-40)60-63-59(39-18-5-2-6-19-39)64-61(65-60)46-35-42(36-54-56(46)45-25-9-12-31-53(45)67-54)66-51-30-15-29-50-57(51)58-52(66)33-32-38-20-14-28-49(55(38)58)62(50)47-26-10-7-23-43(47)44-24-8-11-27-48(44)62/h1-36H. The Morgan fingerprint density at radius 3 is 1.72 bits per heavy atom. The van der Waals surface area contributed by atoms with Gasteiger partial charge < -0.3 is 8.98 Å². The highest BCUT2D eigenvalue weighted by atomic mass is 16.3. The van der Waals surface area contributed by atoms with E-state index in [0.29, 0.717) is 17.5 Å². The maximum Gasteiger partial charge on any atom is 0.164 e. The maximum absolute atomic E-state index is 6.85. The average molecular weight is 853 g/mol. The van der Waals surface area contributed by atoms with Gasteiger partial charge in [0.15, 0.2) is 17.5 Å². The van der Waals surface area contributed by atoms with Gasteiger partial charge in [-0.3, -0.25) is 0 Å². The Kier molecular flexibility index (Phi) is 7.36. The third-order valence-corrected chi connectivity index (χ3v) is 14.4. The molecule has 3 aromatic heterocycles. The summed E-state index contributed by atoms with van der Waals surface area (Å²) in [6.45, 7) is 0. The first-order valence-corrected chi connectivity index (χ1v) is 22.8. The fourth-order valence-electron chi connectivity index (χ4n) is 11.7. The van der Waals surface area contributed by atoms with Gasteiger partial charge in [-0.15, -0.1) is 0 Å². The maximum atomic E-state index is 6.85. The van der Waals surface area contributed by atoms with Crippen LogP contribution in [0.25, 0.3) is 117 Å². The lowest BCUT2D eigenvalue weighted by Gasteiger charge is -2.37. The SMILES string of the molecule is c1ccc(-c2cccc(-c3nc(-c4ccccc4)nc(-c4cc(-n5c6cccc7c6c6c8c(cccc8ccc65)C75c6ccccc6-c6ccccc65)cc5oc6ccccc6c45)n3)c2)cc1. The molecule has 0 saturated heterocycles. The second-order valence-corrected chi connectivity index (χ2v) is 17.8. The summed E-state index contributed by atoms with van der Waals surface area (Å²) in [5.41, 5.74) is 17.1. The predicted octanol–water partition coefficient (Wildman–Crippen LogP) is 15.4. The largest absolute Gasteiger partial charge is 0.456 e. The molecule has 10 aromatic carbocycles. The molecular formula is C62H36N4O. The first-order chi connectivity index (χ1) is 33.2. The molecule has 0 bridgehead atoms. The zero-order valence-corrected chi connectivity index (χ0v) is 36.0. The topological polar surface area (TPSA) is 56.7 Å². The summed E-state index contributed by atoms with van der Waals surface area (Å²) >= 11 is 0. The molecule has 13 aromatic rings. The lowest BCUT2D eigenvalue weighted by Crippen LogP contribution is -2.30. The van der Waals surface area contributed by atoms with Crippen LogP contribution in [0.15, 0.2) is 223 Å². The highest BCUT2D eigenvalue weighted by molar-refractivity contribution is 6.27. The molecule has 0 N–H and O–H groups in total. The zero-order valence-electron chi connectivity index (χ0n) is 36.0. The van der Waals surface area contributed by atoms with Crippen LogP contribution in [0.5, 0.6) is 0 Å². The first kappa shape index (κ1) is 36.4. The van der Waals surface area contributed by atoms with Crippen LogP contribution in [0.1, 0.15) is 22.3 Å². The van der Waals surface area contributed by atoms with Crippen LogP contribution in [0, 0.1) is 0 Å². The molecule has 15 rings (SSSR count). The Labute approximate surface area is 384 Å². The summed E-state index contributed by atoms with van der Waals surface area (Å²) in [6.07, 6.45) is 0. The normalized spacial score (nSPS) is 13.2. The van der Waals surface area contributed by atoms with Crippen molar-refractivity contribution in [2.24, 2.45) is 0 Å². The summed E-state index contributed by atoms with van der Waals surface area (Å²) in [5, 5.41) is 7.04. The minimum absolute atomic E-state index is 0.500. The zero-order chi connectivity index (χ0) is 43.8. The van der Waals surface area contributed by atoms with Crippen molar-refractivity contribution in [3.63, 3.8) is 0 Å². The molecule has 0 amide bonds. The molecule has 0 fully saturated rings. The van der Waals surface area contributed by atoms with E-state index in [2.05, 4.69) is 187 Å². The molecule has 0 atom stereocenters. The smallest absolute Gasteiger partial charge is 0.164 e. The van der Waals surface area contributed by atoms with E-state index in [9.17, 15) is 0 Å². The Morgan fingerprint density at radius 2 is 0.925 bits per heavy atom. The van der Waals surface area contributed by atoms with Crippen LogP contribution in [-0.4, -0.2) is 19.5 Å². The summed E-state index contributed by atoms with van der Waals surface area (Å²) in [7, 11) is 0. The summed E-state index contributed by atoms with van der Waals surface area (Å²) in [4.78, 5) is 15.9. The van der Waals surface area contributed by atoms with Crippen molar-refractivity contribution < 1.29 is 4.42 Å². The number of hydrogen-bond donors (Lipinski definition) is 0. The minimum atomic E-state index is -0.500. The summed E-state index contributed by atoms with van der Waals surface area (Å²) < 4.78 is 9.29. The molecule has 2 aliphatic rings. The molecule has 0 unspecified atom stereocenters. The Balaban J connectivity index is 1.04. The van der Waals surface area contributed by atoms with Gasteiger partial charge in [0.1, 0.15) is 11.2 Å².